The maximum atomic E-state index is 9.68. The Labute approximate surface area is 138 Å². The van der Waals surface area contributed by atoms with Gasteiger partial charge in [0.25, 0.3) is 0 Å². The van der Waals surface area contributed by atoms with Gasteiger partial charge in [-0.25, -0.2) is 0 Å². The highest BCUT2D eigenvalue weighted by Gasteiger charge is 2.33. The van der Waals surface area contributed by atoms with Crippen LogP contribution in [0.1, 0.15) is 39.5 Å². The lowest BCUT2D eigenvalue weighted by Gasteiger charge is -2.37. The Hall–Kier alpha value is -0.460. The van der Waals surface area contributed by atoms with Crippen LogP contribution in [-0.2, 0) is 4.74 Å². The van der Waals surface area contributed by atoms with Gasteiger partial charge in [-0.1, -0.05) is 6.92 Å². The summed E-state index contributed by atoms with van der Waals surface area (Å²) in [6, 6.07) is 0. The van der Waals surface area contributed by atoms with Crippen LogP contribution in [0.5, 0.6) is 0 Å². The molecule has 2 N–H and O–H groups in total. The lowest BCUT2D eigenvalue weighted by molar-refractivity contribution is 0.0791. The highest BCUT2D eigenvalue weighted by atomic mass is 32.2. The zero-order valence-corrected chi connectivity index (χ0v) is 14.8. The van der Waals surface area contributed by atoms with Crippen LogP contribution in [0, 0.1) is 0 Å². The van der Waals surface area contributed by atoms with Gasteiger partial charge >= 0.3 is 0 Å². The Morgan fingerprint density at radius 2 is 2.00 bits per heavy atom. The van der Waals surface area contributed by atoms with E-state index in [0.29, 0.717) is 0 Å². The minimum absolute atomic E-state index is 0.142. The molecule has 0 bridgehead atoms. The van der Waals surface area contributed by atoms with Crippen molar-refractivity contribution in [3.8, 4) is 0 Å². The third-order valence-corrected chi connectivity index (χ3v) is 5.91. The van der Waals surface area contributed by atoms with E-state index in [-0.39, 0.29) is 10.9 Å². The number of thioether (sulfide) groups is 1. The van der Waals surface area contributed by atoms with E-state index in [1.807, 2.05) is 11.8 Å². The van der Waals surface area contributed by atoms with Crippen LogP contribution in [0.4, 0.5) is 0 Å². The molecule has 0 amide bonds. The van der Waals surface area contributed by atoms with Gasteiger partial charge in [-0.3, -0.25) is 4.99 Å². The van der Waals surface area contributed by atoms with Crippen molar-refractivity contribution >= 4 is 17.7 Å². The first-order valence-electron chi connectivity index (χ1n) is 8.62. The summed E-state index contributed by atoms with van der Waals surface area (Å²) >= 11 is 2.03. The number of hydrogen-bond acceptors (Lipinski definition) is 4. The number of aliphatic hydroxyl groups excluding tert-OH is 1. The molecule has 0 aromatic carbocycles. The van der Waals surface area contributed by atoms with Crippen LogP contribution in [0.15, 0.2) is 4.99 Å². The van der Waals surface area contributed by atoms with Crippen molar-refractivity contribution in [3.63, 3.8) is 0 Å². The van der Waals surface area contributed by atoms with E-state index in [4.69, 9.17) is 9.73 Å². The van der Waals surface area contributed by atoms with E-state index in [1.165, 1.54) is 0 Å². The normalized spacial score (nSPS) is 23.6. The van der Waals surface area contributed by atoms with Gasteiger partial charge in [0.05, 0.1) is 12.6 Å². The molecule has 6 heteroatoms. The number of hydrogen-bond donors (Lipinski definition) is 2. The third kappa shape index (κ3) is 5.03. The molecule has 0 atom stereocenters. The number of nitrogens with zero attached hydrogens (tertiary/aromatic N) is 2. The molecule has 0 aromatic rings. The van der Waals surface area contributed by atoms with Crippen LogP contribution >= 0.6 is 11.8 Å². The fourth-order valence-electron chi connectivity index (χ4n) is 3.12. The van der Waals surface area contributed by atoms with E-state index >= 15 is 0 Å². The van der Waals surface area contributed by atoms with Gasteiger partial charge in [-0.2, -0.15) is 11.8 Å². The second-order valence-corrected chi connectivity index (χ2v) is 7.85. The molecule has 2 saturated heterocycles. The Morgan fingerprint density at radius 3 is 2.59 bits per heavy atom. The summed E-state index contributed by atoms with van der Waals surface area (Å²) in [4.78, 5) is 7.24. The molecule has 5 nitrogen and oxygen atoms in total. The second kappa shape index (κ2) is 8.99. The van der Waals surface area contributed by atoms with Gasteiger partial charge in [0.1, 0.15) is 0 Å². The Balaban J connectivity index is 2.01. The molecular formula is C16H31N3O2S. The van der Waals surface area contributed by atoms with Crippen molar-refractivity contribution in [2.24, 2.45) is 4.99 Å². The summed E-state index contributed by atoms with van der Waals surface area (Å²) in [5.74, 6) is 2.14. The predicted octanol–water partition coefficient (Wildman–Crippen LogP) is 1.71. The van der Waals surface area contributed by atoms with Crippen molar-refractivity contribution in [1.29, 1.82) is 0 Å². The van der Waals surface area contributed by atoms with E-state index in [0.717, 1.165) is 76.8 Å². The topological polar surface area (TPSA) is 57.1 Å². The standard InChI is InChI=1S/C16H31N3O2S/c1-3-17-15(19-9-5-14(20)6-10-19)18-13-16(22-4-2)7-11-21-12-8-16/h14,20H,3-13H2,1-2H3,(H,17,18). The minimum atomic E-state index is -0.142. The summed E-state index contributed by atoms with van der Waals surface area (Å²) in [5.41, 5.74) is 0. The Kier molecular flexibility index (Phi) is 7.31. The molecule has 2 heterocycles. The molecule has 2 rings (SSSR count). The number of piperidine rings is 1. The van der Waals surface area contributed by atoms with Crippen molar-refractivity contribution in [1.82, 2.24) is 10.2 Å². The molecule has 22 heavy (non-hydrogen) atoms. The van der Waals surface area contributed by atoms with E-state index in [2.05, 4.69) is 24.1 Å². The average molecular weight is 330 g/mol. The van der Waals surface area contributed by atoms with Crippen molar-refractivity contribution in [3.05, 3.63) is 0 Å². The first-order valence-corrected chi connectivity index (χ1v) is 9.60. The third-order valence-electron chi connectivity index (χ3n) is 4.47. The molecule has 0 unspecified atom stereocenters. The summed E-state index contributed by atoms with van der Waals surface area (Å²) < 4.78 is 5.78. The van der Waals surface area contributed by atoms with Gasteiger partial charge in [0, 0.05) is 37.6 Å². The van der Waals surface area contributed by atoms with E-state index < -0.39 is 0 Å². The van der Waals surface area contributed by atoms with Crippen molar-refractivity contribution < 1.29 is 9.84 Å². The number of nitrogens with one attached hydrogen (secondary N) is 1. The highest BCUT2D eigenvalue weighted by molar-refractivity contribution is 8.00. The SMILES string of the molecule is CCNC(=NCC1(SCC)CCOCC1)N1CCC(O)CC1. The van der Waals surface area contributed by atoms with Gasteiger partial charge < -0.3 is 20.1 Å². The molecular weight excluding hydrogens is 298 g/mol. The number of guanidine groups is 1. The number of aliphatic hydroxyl groups is 1. The van der Waals surface area contributed by atoms with Crippen LogP contribution in [-0.4, -0.2) is 72.0 Å². The van der Waals surface area contributed by atoms with Crippen LogP contribution in [0.2, 0.25) is 0 Å². The summed E-state index contributed by atoms with van der Waals surface area (Å²) in [5, 5.41) is 13.1. The van der Waals surface area contributed by atoms with Gasteiger partial charge in [-0.05, 0) is 38.4 Å². The maximum absolute atomic E-state index is 9.68. The quantitative estimate of drug-likeness (QED) is 0.594. The van der Waals surface area contributed by atoms with Gasteiger partial charge in [-0.15, -0.1) is 0 Å². The molecule has 0 aromatic heterocycles. The Morgan fingerprint density at radius 1 is 1.32 bits per heavy atom. The first-order chi connectivity index (χ1) is 10.7. The molecule has 0 aliphatic carbocycles. The monoisotopic (exact) mass is 329 g/mol. The van der Waals surface area contributed by atoms with Crippen LogP contribution < -0.4 is 5.32 Å². The maximum Gasteiger partial charge on any atom is 0.193 e. The van der Waals surface area contributed by atoms with Crippen LogP contribution in [0.25, 0.3) is 0 Å². The van der Waals surface area contributed by atoms with Gasteiger partial charge in [0.2, 0.25) is 0 Å². The molecule has 0 radical (unpaired) electrons. The largest absolute Gasteiger partial charge is 0.393 e. The zero-order chi connectivity index (χ0) is 15.8. The number of rotatable bonds is 5. The lowest BCUT2D eigenvalue weighted by Crippen LogP contribution is -2.47. The molecule has 2 fully saturated rings. The lowest BCUT2D eigenvalue weighted by atomic mass is 9.99. The molecule has 2 aliphatic heterocycles. The van der Waals surface area contributed by atoms with Crippen molar-refractivity contribution in [2.75, 3.05) is 45.1 Å². The number of likely N-dealkylation sites (tertiary alicyclic amines) is 1. The first kappa shape index (κ1) is 17.9. The predicted molar refractivity (Wildman–Crippen MR) is 93.7 cm³/mol. The average Bonchev–Trinajstić information content (AvgIpc) is 2.54. The zero-order valence-electron chi connectivity index (χ0n) is 14.0. The summed E-state index contributed by atoms with van der Waals surface area (Å²) in [7, 11) is 0. The number of ether oxygens (including phenoxy) is 1. The fraction of sp³-hybridized carbons (Fsp3) is 0.938. The van der Waals surface area contributed by atoms with E-state index in [1.54, 1.807) is 0 Å². The minimum Gasteiger partial charge on any atom is -0.393 e. The smallest absolute Gasteiger partial charge is 0.193 e. The molecule has 2 aliphatic rings. The fourth-order valence-corrected chi connectivity index (χ4v) is 4.34. The van der Waals surface area contributed by atoms with Crippen LogP contribution in [0.3, 0.4) is 0 Å². The second-order valence-electron chi connectivity index (χ2n) is 6.12. The number of aliphatic imine (C=N–C) groups is 1. The summed E-state index contributed by atoms with van der Waals surface area (Å²) in [6.45, 7) is 9.57. The van der Waals surface area contributed by atoms with Crippen molar-refractivity contribution in [2.45, 2.75) is 50.4 Å². The molecule has 0 spiro atoms. The Bertz CT molecular complexity index is 346. The molecule has 128 valence electrons. The van der Waals surface area contributed by atoms with Gasteiger partial charge in [0.15, 0.2) is 5.96 Å². The summed E-state index contributed by atoms with van der Waals surface area (Å²) in [6.07, 6.45) is 3.72. The molecule has 0 saturated carbocycles. The highest BCUT2D eigenvalue weighted by Crippen LogP contribution is 2.35. The van der Waals surface area contributed by atoms with E-state index in [9.17, 15) is 5.11 Å².